The van der Waals surface area contributed by atoms with E-state index in [1.807, 2.05) is 0 Å². The summed E-state index contributed by atoms with van der Waals surface area (Å²) >= 11 is 1.27. The van der Waals surface area contributed by atoms with Crippen LogP contribution in [-0.4, -0.2) is 10.8 Å². The zero-order chi connectivity index (χ0) is 6.69. The molecule has 1 aromatic rings. The second-order valence-electron chi connectivity index (χ2n) is 1.48. The van der Waals surface area contributed by atoms with Gasteiger partial charge in [0.2, 0.25) is 0 Å². The van der Waals surface area contributed by atoms with Gasteiger partial charge in [-0.05, 0) is 18.5 Å². The van der Waals surface area contributed by atoms with E-state index in [2.05, 4.69) is 9.11 Å². The average Bonchev–Trinajstić information content (AvgIpc) is 2.18. The first kappa shape index (κ1) is 6.22. The molecule has 0 aromatic carbocycles. The maximum absolute atomic E-state index is 9.78. The smallest absolute Gasteiger partial charge is 0.298 e. The van der Waals surface area contributed by atoms with Crippen LogP contribution in [0.25, 0.3) is 0 Å². The minimum absolute atomic E-state index is 0.400. The van der Waals surface area contributed by atoms with E-state index in [9.17, 15) is 4.79 Å². The van der Waals surface area contributed by atoms with Crippen LogP contribution in [0.3, 0.4) is 0 Å². The van der Waals surface area contributed by atoms with Crippen molar-refractivity contribution in [1.82, 2.24) is 4.37 Å². The highest BCUT2D eigenvalue weighted by Gasteiger charge is 1.98. The Morgan fingerprint density at radius 1 is 1.89 bits per heavy atom. The lowest BCUT2D eigenvalue weighted by molar-refractivity contribution is -0.120. The van der Waals surface area contributed by atoms with E-state index in [4.69, 9.17) is 0 Å². The first-order chi connectivity index (χ1) is 4.34. The van der Waals surface area contributed by atoms with E-state index in [0.29, 0.717) is 12.2 Å². The van der Waals surface area contributed by atoms with Crippen LogP contribution in [0, 0.1) is 6.92 Å². The van der Waals surface area contributed by atoms with Crippen molar-refractivity contribution < 1.29 is 9.53 Å². The van der Waals surface area contributed by atoms with E-state index >= 15 is 0 Å². The minimum Gasteiger partial charge on any atom is -0.426 e. The Labute approximate surface area is 56.4 Å². The van der Waals surface area contributed by atoms with E-state index in [0.717, 1.165) is 5.69 Å². The largest absolute Gasteiger partial charge is 0.426 e. The van der Waals surface area contributed by atoms with Crippen molar-refractivity contribution in [2.24, 2.45) is 0 Å². The van der Waals surface area contributed by atoms with Gasteiger partial charge >= 0.3 is 0 Å². The highest BCUT2D eigenvalue weighted by Crippen LogP contribution is 2.16. The van der Waals surface area contributed by atoms with Gasteiger partial charge in [-0.2, -0.15) is 4.37 Å². The summed E-state index contributed by atoms with van der Waals surface area (Å²) in [4.78, 5) is 9.78. The molecule has 0 bridgehead atoms. The number of nitrogens with zero attached hydrogens (tertiary/aromatic N) is 1. The maximum Gasteiger partial charge on any atom is 0.298 e. The first-order valence-electron chi connectivity index (χ1n) is 2.36. The number of aromatic nitrogens is 1. The monoisotopic (exact) mass is 143 g/mol. The van der Waals surface area contributed by atoms with Gasteiger partial charge in [0.1, 0.15) is 0 Å². The third-order valence-electron chi connectivity index (χ3n) is 0.881. The summed E-state index contributed by atoms with van der Waals surface area (Å²) in [5.41, 5.74) is 0.757. The minimum atomic E-state index is 0.400. The van der Waals surface area contributed by atoms with Crippen LogP contribution in [0.15, 0.2) is 5.38 Å². The standard InChI is InChI=1S/C5H5NO2S/c1-4-5(8-3-7)2-9-6-4/h2-3H,1H3. The molecule has 0 N–H and O–H groups in total. The van der Waals surface area contributed by atoms with Crippen LogP contribution >= 0.6 is 11.5 Å². The summed E-state index contributed by atoms with van der Waals surface area (Å²) in [7, 11) is 0. The van der Waals surface area contributed by atoms with Gasteiger partial charge in [0.15, 0.2) is 5.75 Å². The van der Waals surface area contributed by atoms with Crippen molar-refractivity contribution in [2.75, 3.05) is 0 Å². The SMILES string of the molecule is Cc1nscc1OC=O. The number of carbonyl (C=O) groups is 1. The molecule has 0 atom stereocenters. The molecular weight excluding hydrogens is 138 g/mol. The van der Waals surface area contributed by atoms with Crippen molar-refractivity contribution in [2.45, 2.75) is 6.92 Å². The molecule has 1 rings (SSSR count). The molecule has 3 nitrogen and oxygen atoms in total. The van der Waals surface area contributed by atoms with Crippen LogP contribution < -0.4 is 4.74 Å². The molecule has 0 amide bonds. The van der Waals surface area contributed by atoms with E-state index in [1.54, 1.807) is 12.3 Å². The van der Waals surface area contributed by atoms with Gasteiger partial charge in [-0.3, -0.25) is 4.79 Å². The van der Waals surface area contributed by atoms with Gasteiger partial charge in [0.25, 0.3) is 6.47 Å². The Morgan fingerprint density at radius 3 is 3.11 bits per heavy atom. The predicted molar refractivity (Wildman–Crippen MR) is 33.5 cm³/mol. The number of rotatable bonds is 2. The Hall–Kier alpha value is -0.900. The van der Waals surface area contributed by atoms with Crippen molar-refractivity contribution in [3.05, 3.63) is 11.1 Å². The van der Waals surface area contributed by atoms with Crippen molar-refractivity contribution >= 4 is 18.0 Å². The molecular formula is C5H5NO2S. The molecule has 0 aliphatic rings. The fourth-order valence-corrected chi connectivity index (χ4v) is 1.07. The molecule has 4 heteroatoms. The third kappa shape index (κ3) is 1.26. The third-order valence-corrected chi connectivity index (χ3v) is 1.58. The van der Waals surface area contributed by atoms with E-state index < -0.39 is 0 Å². The van der Waals surface area contributed by atoms with Crippen LogP contribution in [-0.2, 0) is 4.79 Å². The molecule has 0 aliphatic heterocycles. The molecule has 1 aromatic heterocycles. The lowest BCUT2D eigenvalue weighted by Crippen LogP contribution is -1.87. The number of hydrogen-bond acceptors (Lipinski definition) is 4. The van der Waals surface area contributed by atoms with Gasteiger partial charge in [0.05, 0.1) is 11.1 Å². The Bertz CT molecular complexity index is 208. The topological polar surface area (TPSA) is 39.2 Å². The summed E-state index contributed by atoms with van der Waals surface area (Å²) in [6, 6.07) is 0. The van der Waals surface area contributed by atoms with Gasteiger partial charge in [-0.15, -0.1) is 0 Å². The highest BCUT2D eigenvalue weighted by atomic mass is 32.1. The zero-order valence-corrected chi connectivity index (χ0v) is 5.64. The lowest BCUT2D eigenvalue weighted by atomic mass is 10.5. The fourth-order valence-electron chi connectivity index (χ4n) is 0.448. The molecule has 48 valence electrons. The highest BCUT2D eigenvalue weighted by molar-refractivity contribution is 7.03. The maximum atomic E-state index is 9.78. The van der Waals surface area contributed by atoms with Gasteiger partial charge < -0.3 is 4.74 Å². The molecule has 0 radical (unpaired) electrons. The van der Waals surface area contributed by atoms with Crippen LogP contribution in [0.1, 0.15) is 5.69 Å². The van der Waals surface area contributed by atoms with Crippen LogP contribution in [0.4, 0.5) is 0 Å². The Kier molecular flexibility index (Phi) is 1.79. The molecule has 0 fully saturated rings. The second kappa shape index (κ2) is 2.59. The number of hydrogen-bond donors (Lipinski definition) is 0. The molecule has 0 saturated carbocycles. The van der Waals surface area contributed by atoms with Crippen molar-refractivity contribution in [3.63, 3.8) is 0 Å². The summed E-state index contributed by atoms with van der Waals surface area (Å²) in [6.07, 6.45) is 0. The lowest BCUT2D eigenvalue weighted by Gasteiger charge is -1.89. The van der Waals surface area contributed by atoms with Gasteiger partial charge in [-0.1, -0.05) is 0 Å². The number of carbonyl (C=O) groups excluding carboxylic acids is 1. The summed E-state index contributed by atoms with van der Waals surface area (Å²) < 4.78 is 8.44. The molecule has 9 heavy (non-hydrogen) atoms. The second-order valence-corrected chi connectivity index (χ2v) is 2.11. The molecule has 0 aliphatic carbocycles. The quantitative estimate of drug-likeness (QED) is 0.579. The summed E-state index contributed by atoms with van der Waals surface area (Å²) in [5.74, 6) is 0.551. The molecule has 1 heterocycles. The predicted octanol–water partition coefficient (Wildman–Crippen LogP) is 0.987. The summed E-state index contributed by atoms with van der Waals surface area (Å²) in [5, 5.41) is 1.68. The molecule has 0 unspecified atom stereocenters. The number of ether oxygens (including phenoxy) is 1. The Morgan fingerprint density at radius 2 is 2.67 bits per heavy atom. The fraction of sp³-hybridized carbons (Fsp3) is 0.200. The van der Waals surface area contributed by atoms with Crippen molar-refractivity contribution in [3.8, 4) is 5.75 Å². The van der Waals surface area contributed by atoms with Crippen molar-refractivity contribution in [1.29, 1.82) is 0 Å². The van der Waals surface area contributed by atoms with Gasteiger partial charge in [0, 0.05) is 0 Å². The average molecular weight is 143 g/mol. The van der Waals surface area contributed by atoms with Crippen LogP contribution in [0.5, 0.6) is 5.75 Å². The first-order valence-corrected chi connectivity index (χ1v) is 3.19. The van der Waals surface area contributed by atoms with E-state index in [-0.39, 0.29) is 0 Å². The molecule has 0 saturated heterocycles. The van der Waals surface area contributed by atoms with Gasteiger partial charge in [-0.25, -0.2) is 0 Å². The normalized spacial score (nSPS) is 9.00. The van der Waals surface area contributed by atoms with Crippen LogP contribution in [0.2, 0.25) is 0 Å². The zero-order valence-electron chi connectivity index (χ0n) is 4.83. The van der Waals surface area contributed by atoms with E-state index in [1.165, 1.54) is 11.5 Å². The summed E-state index contributed by atoms with van der Waals surface area (Å²) in [6.45, 7) is 2.19. The Balaban J connectivity index is 2.80. The number of aryl methyl sites for hydroxylation is 1. The molecule has 0 spiro atoms.